The molecule has 2 aromatic rings. The number of ether oxygens (including phenoxy) is 1. The minimum Gasteiger partial charge on any atom is -0.494 e. The van der Waals surface area contributed by atoms with Gasteiger partial charge in [0.1, 0.15) is 0 Å². The first-order chi connectivity index (χ1) is 7.72. The number of benzene rings is 1. The van der Waals surface area contributed by atoms with Crippen molar-refractivity contribution < 1.29 is 9.13 Å². The quantitative estimate of drug-likeness (QED) is 0.755. The summed E-state index contributed by atoms with van der Waals surface area (Å²) in [6.45, 7) is 0. The van der Waals surface area contributed by atoms with Crippen molar-refractivity contribution >= 4 is 11.6 Å². The lowest BCUT2D eigenvalue weighted by molar-refractivity contribution is 0.387. The van der Waals surface area contributed by atoms with Gasteiger partial charge in [0.15, 0.2) is 11.6 Å². The maximum absolute atomic E-state index is 13.8. The molecule has 1 aromatic carbocycles. The summed E-state index contributed by atoms with van der Waals surface area (Å²) < 4.78 is 18.7. The summed E-state index contributed by atoms with van der Waals surface area (Å²) in [6.07, 6.45) is 2.93. The van der Waals surface area contributed by atoms with Crippen molar-refractivity contribution in [3.8, 4) is 16.9 Å². The van der Waals surface area contributed by atoms with Crippen LogP contribution in [-0.4, -0.2) is 17.1 Å². The van der Waals surface area contributed by atoms with Crippen LogP contribution in [0.2, 0.25) is 5.28 Å². The van der Waals surface area contributed by atoms with E-state index in [9.17, 15) is 4.39 Å². The number of hydrogen-bond donors (Lipinski definition) is 0. The van der Waals surface area contributed by atoms with Crippen LogP contribution in [0.15, 0.2) is 30.6 Å². The predicted octanol–water partition coefficient (Wildman–Crippen LogP) is 2.94. The van der Waals surface area contributed by atoms with Crippen LogP contribution in [0.1, 0.15) is 0 Å². The van der Waals surface area contributed by atoms with Crippen molar-refractivity contribution in [2.75, 3.05) is 7.11 Å². The molecule has 1 aromatic heterocycles. The van der Waals surface area contributed by atoms with Crippen LogP contribution in [0, 0.1) is 5.82 Å². The summed E-state index contributed by atoms with van der Waals surface area (Å²) in [4.78, 5) is 7.60. The van der Waals surface area contributed by atoms with Crippen molar-refractivity contribution in [2.45, 2.75) is 0 Å². The zero-order valence-electron chi connectivity index (χ0n) is 8.45. The fraction of sp³-hybridized carbons (Fsp3) is 0.0909. The fourth-order valence-corrected chi connectivity index (χ4v) is 1.44. The molecule has 0 amide bonds. The van der Waals surface area contributed by atoms with E-state index < -0.39 is 5.82 Å². The van der Waals surface area contributed by atoms with Gasteiger partial charge in [-0.15, -0.1) is 0 Å². The van der Waals surface area contributed by atoms with Crippen LogP contribution >= 0.6 is 11.6 Å². The Morgan fingerprint density at radius 1 is 1.25 bits per heavy atom. The highest BCUT2D eigenvalue weighted by Gasteiger charge is 2.10. The van der Waals surface area contributed by atoms with Gasteiger partial charge in [-0.3, -0.25) is 0 Å². The van der Waals surface area contributed by atoms with Crippen LogP contribution in [0.25, 0.3) is 11.1 Å². The molecular formula is C11H8ClFN2O. The highest BCUT2D eigenvalue weighted by atomic mass is 35.5. The zero-order valence-corrected chi connectivity index (χ0v) is 9.20. The first-order valence-electron chi connectivity index (χ1n) is 4.53. The Labute approximate surface area is 96.9 Å². The lowest BCUT2D eigenvalue weighted by atomic mass is 10.1. The average molecular weight is 239 g/mol. The second-order valence-corrected chi connectivity index (χ2v) is 3.40. The van der Waals surface area contributed by atoms with Crippen LogP contribution in [0.3, 0.4) is 0 Å². The van der Waals surface area contributed by atoms with Gasteiger partial charge in [0.25, 0.3) is 0 Å². The molecule has 0 radical (unpaired) electrons. The molecule has 0 saturated carbocycles. The standard InChI is InChI=1S/C11H8ClFN2O/c1-16-9-4-2-3-8(10(9)13)7-5-14-11(12)15-6-7/h2-6H,1H3. The zero-order chi connectivity index (χ0) is 11.5. The van der Waals surface area contributed by atoms with Gasteiger partial charge in [0, 0.05) is 23.5 Å². The molecule has 0 bridgehead atoms. The molecule has 0 saturated heterocycles. The lowest BCUT2D eigenvalue weighted by Gasteiger charge is -2.06. The second-order valence-electron chi connectivity index (χ2n) is 3.06. The minimum atomic E-state index is -0.434. The van der Waals surface area contributed by atoms with E-state index in [1.807, 2.05) is 0 Å². The SMILES string of the molecule is COc1cccc(-c2cnc(Cl)nc2)c1F. The Kier molecular flexibility index (Phi) is 3.01. The first kappa shape index (κ1) is 10.8. The van der Waals surface area contributed by atoms with E-state index in [0.717, 1.165) is 0 Å². The van der Waals surface area contributed by atoms with Crippen molar-refractivity contribution in [2.24, 2.45) is 0 Å². The molecule has 0 unspecified atom stereocenters. The van der Waals surface area contributed by atoms with Gasteiger partial charge in [-0.05, 0) is 17.7 Å². The van der Waals surface area contributed by atoms with E-state index in [4.69, 9.17) is 16.3 Å². The average Bonchev–Trinajstić information content (AvgIpc) is 2.31. The largest absolute Gasteiger partial charge is 0.494 e. The third-order valence-electron chi connectivity index (χ3n) is 2.11. The van der Waals surface area contributed by atoms with Gasteiger partial charge >= 0.3 is 0 Å². The molecule has 0 aliphatic heterocycles. The molecule has 1 heterocycles. The number of halogens is 2. The maximum atomic E-state index is 13.8. The van der Waals surface area contributed by atoms with Crippen molar-refractivity contribution in [1.82, 2.24) is 9.97 Å². The highest BCUT2D eigenvalue weighted by Crippen LogP contribution is 2.28. The summed E-state index contributed by atoms with van der Waals surface area (Å²) in [5, 5.41) is 0.132. The number of nitrogens with zero attached hydrogens (tertiary/aromatic N) is 2. The summed E-state index contributed by atoms with van der Waals surface area (Å²) in [6, 6.07) is 4.88. The molecule has 2 rings (SSSR count). The van der Waals surface area contributed by atoms with Gasteiger partial charge in [0.2, 0.25) is 5.28 Å². The molecule has 0 aliphatic carbocycles. The Balaban J connectivity index is 2.51. The molecule has 0 fully saturated rings. The van der Waals surface area contributed by atoms with Gasteiger partial charge in [-0.1, -0.05) is 12.1 Å². The Morgan fingerprint density at radius 3 is 2.56 bits per heavy atom. The fourth-order valence-electron chi connectivity index (χ4n) is 1.34. The van der Waals surface area contributed by atoms with E-state index in [1.165, 1.54) is 19.5 Å². The topological polar surface area (TPSA) is 35.0 Å². The maximum Gasteiger partial charge on any atom is 0.222 e. The number of hydrogen-bond acceptors (Lipinski definition) is 3. The summed E-state index contributed by atoms with van der Waals surface area (Å²) in [7, 11) is 1.42. The Hall–Kier alpha value is -1.68. The third-order valence-corrected chi connectivity index (χ3v) is 2.31. The normalized spacial score (nSPS) is 10.2. The molecule has 5 heteroatoms. The second kappa shape index (κ2) is 4.45. The van der Waals surface area contributed by atoms with Gasteiger partial charge < -0.3 is 4.74 Å². The van der Waals surface area contributed by atoms with Crippen molar-refractivity contribution in [3.05, 3.63) is 41.7 Å². The molecule has 0 atom stereocenters. The molecular weight excluding hydrogens is 231 g/mol. The van der Waals surface area contributed by atoms with Crippen LogP contribution in [-0.2, 0) is 0 Å². The summed E-state index contributed by atoms with van der Waals surface area (Å²) in [5.74, 6) is -0.247. The van der Waals surface area contributed by atoms with E-state index in [1.54, 1.807) is 18.2 Å². The van der Waals surface area contributed by atoms with Crippen molar-refractivity contribution in [3.63, 3.8) is 0 Å². The summed E-state index contributed by atoms with van der Waals surface area (Å²) in [5.41, 5.74) is 0.941. The van der Waals surface area contributed by atoms with Crippen LogP contribution in [0.5, 0.6) is 5.75 Å². The van der Waals surface area contributed by atoms with E-state index >= 15 is 0 Å². The van der Waals surface area contributed by atoms with Crippen molar-refractivity contribution in [1.29, 1.82) is 0 Å². The lowest BCUT2D eigenvalue weighted by Crippen LogP contribution is -1.92. The smallest absolute Gasteiger partial charge is 0.222 e. The molecule has 16 heavy (non-hydrogen) atoms. The number of rotatable bonds is 2. The van der Waals surface area contributed by atoms with Crippen LogP contribution in [0.4, 0.5) is 4.39 Å². The van der Waals surface area contributed by atoms with Crippen LogP contribution < -0.4 is 4.74 Å². The first-order valence-corrected chi connectivity index (χ1v) is 4.90. The monoisotopic (exact) mass is 238 g/mol. The molecule has 3 nitrogen and oxygen atoms in total. The molecule has 0 spiro atoms. The molecule has 0 aliphatic rings. The molecule has 0 N–H and O–H groups in total. The minimum absolute atomic E-state index is 0.132. The Morgan fingerprint density at radius 2 is 1.94 bits per heavy atom. The molecule has 82 valence electrons. The Bertz CT molecular complexity index is 502. The predicted molar refractivity (Wildman–Crippen MR) is 59.0 cm³/mol. The highest BCUT2D eigenvalue weighted by molar-refractivity contribution is 6.28. The van der Waals surface area contributed by atoms with E-state index in [-0.39, 0.29) is 11.0 Å². The third kappa shape index (κ3) is 1.97. The summed E-state index contributed by atoms with van der Waals surface area (Å²) >= 11 is 5.56. The van der Waals surface area contributed by atoms with Gasteiger partial charge in [-0.25, -0.2) is 14.4 Å². The number of aromatic nitrogens is 2. The van der Waals surface area contributed by atoms with Gasteiger partial charge in [-0.2, -0.15) is 0 Å². The van der Waals surface area contributed by atoms with E-state index in [0.29, 0.717) is 11.1 Å². The number of methoxy groups -OCH3 is 1. The van der Waals surface area contributed by atoms with Gasteiger partial charge in [0.05, 0.1) is 7.11 Å². The van der Waals surface area contributed by atoms with E-state index in [2.05, 4.69) is 9.97 Å².